The minimum atomic E-state index is -0.848. The Kier molecular flexibility index (Phi) is 5.67. The summed E-state index contributed by atoms with van der Waals surface area (Å²) in [5.41, 5.74) is 2.78. The lowest BCUT2D eigenvalue weighted by molar-refractivity contribution is -0.117. The first-order valence-corrected chi connectivity index (χ1v) is 11.7. The van der Waals surface area contributed by atoms with E-state index in [0.29, 0.717) is 22.6 Å². The van der Waals surface area contributed by atoms with E-state index in [1.807, 2.05) is 42.5 Å². The summed E-state index contributed by atoms with van der Waals surface area (Å²) in [7, 11) is 1.54. The number of benzene rings is 3. The first-order valence-electron chi connectivity index (χ1n) is 11.7. The molecule has 0 saturated carbocycles. The first-order chi connectivity index (χ1) is 17.2. The van der Waals surface area contributed by atoms with Crippen LogP contribution in [0.25, 0.3) is 11.0 Å². The fraction of sp³-hybridized carbons (Fsp3) is 0.200. The summed E-state index contributed by atoms with van der Waals surface area (Å²) >= 11 is 0. The number of hydrogen-bond donors (Lipinski definition) is 1. The van der Waals surface area contributed by atoms with Crippen molar-refractivity contribution in [1.29, 1.82) is 0 Å². The maximum absolute atomic E-state index is 13.8. The van der Waals surface area contributed by atoms with Crippen LogP contribution in [0.15, 0.2) is 94.6 Å². The molecule has 1 atom stereocenters. The predicted molar refractivity (Wildman–Crippen MR) is 139 cm³/mol. The number of rotatable bonds is 5. The molecule has 0 saturated heterocycles. The molecule has 6 nitrogen and oxygen atoms in total. The monoisotopic (exact) mass is 481 g/mol. The van der Waals surface area contributed by atoms with E-state index in [4.69, 9.17) is 9.15 Å². The summed E-state index contributed by atoms with van der Waals surface area (Å²) in [5, 5.41) is 11.8. The number of aliphatic hydroxyl groups is 1. The van der Waals surface area contributed by atoms with E-state index >= 15 is 0 Å². The highest BCUT2D eigenvalue weighted by molar-refractivity contribution is 6.20. The molecule has 0 bridgehead atoms. The highest BCUT2D eigenvalue weighted by Gasteiger charge is 2.45. The molecule has 0 spiro atoms. The molecule has 4 aromatic rings. The van der Waals surface area contributed by atoms with Crippen LogP contribution in [0.1, 0.15) is 48.5 Å². The second kappa shape index (κ2) is 8.72. The molecule has 1 unspecified atom stereocenters. The lowest BCUT2D eigenvalue weighted by Gasteiger charge is -2.28. The van der Waals surface area contributed by atoms with Crippen molar-refractivity contribution in [2.75, 3.05) is 12.0 Å². The van der Waals surface area contributed by atoms with Crippen molar-refractivity contribution in [2.45, 2.75) is 32.2 Å². The van der Waals surface area contributed by atoms with Crippen molar-refractivity contribution < 1.29 is 23.8 Å². The zero-order chi connectivity index (χ0) is 25.6. The Hall–Kier alpha value is -4.32. The summed E-state index contributed by atoms with van der Waals surface area (Å²) in [6.45, 7) is 6.35. The van der Waals surface area contributed by atoms with Crippen molar-refractivity contribution in [2.24, 2.45) is 0 Å². The molecule has 1 aromatic heterocycles. The van der Waals surface area contributed by atoms with Crippen LogP contribution in [0, 0.1) is 0 Å². The topological polar surface area (TPSA) is 80.0 Å². The Balaban J connectivity index is 1.65. The Morgan fingerprint density at radius 2 is 1.69 bits per heavy atom. The smallest absolute Gasteiger partial charge is 0.294 e. The number of nitrogens with zero attached hydrogens (tertiary/aromatic N) is 1. The molecule has 3 aromatic carbocycles. The molecular weight excluding hydrogens is 454 g/mol. The van der Waals surface area contributed by atoms with Gasteiger partial charge < -0.3 is 14.3 Å². The van der Waals surface area contributed by atoms with Crippen molar-refractivity contribution >= 4 is 28.3 Å². The van der Waals surface area contributed by atoms with Crippen LogP contribution in [-0.4, -0.2) is 23.9 Å². The normalized spacial score (nSPS) is 16.2. The van der Waals surface area contributed by atoms with Gasteiger partial charge in [0.15, 0.2) is 11.5 Å². The summed E-state index contributed by atoms with van der Waals surface area (Å²) in [5.74, 6) is -1.17. The number of carbonyl (C=O) groups is 2. The third kappa shape index (κ3) is 3.94. The first kappa shape index (κ1) is 23.4. The van der Waals surface area contributed by atoms with Crippen LogP contribution >= 0.6 is 0 Å². The Morgan fingerprint density at radius 1 is 0.972 bits per heavy atom. The molecule has 0 fully saturated rings. The summed E-state index contributed by atoms with van der Waals surface area (Å²) in [6.07, 6.45) is 0. The summed E-state index contributed by atoms with van der Waals surface area (Å²) < 4.78 is 11.2. The van der Waals surface area contributed by atoms with Gasteiger partial charge >= 0.3 is 0 Å². The number of ketones is 1. The van der Waals surface area contributed by atoms with Crippen LogP contribution in [0.3, 0.4) is 0 Å². The summed E-state index contributed by atoms with van der Waals surface area (Å²) in [4.78, 5) is 28.6. The highest BCUT2D eigenvalue weighted by atomic mass is 16.5. The molecule has 1 aliphatic heterocycles. The number of ether oxygens (including phenoxy) is 1. The fourth-order valence-electron chi connectivity index (χ4n) is 4.57. The number of para-hydroxylation sites is 1. The zero-order valence-corrected chi connectivity index (χ0v) is 20.6. The number of methoxy groups -OCH3 is 1. The zero-order valence-electron chi connectivity index (χ0n) is 20.6. The van der Waals surface area contributed by atoms with Crippen LogP contribution in [-0.2, 0) is 10.2 Å². The number of Topliss-reactive ketones (excluding diaryl/α,β-unsaturated/α-hetero) is 1. The standard InChI is InChI=1S/C30H27NO5/c1-30(2,3)20-14-12-18(13-15-20)26-25(27(32)24-16-19-8-5-6-11-23(19)36-24)28(33)29(34)31(26)21-9-7-10-22(17-21)35-4/h5-17,26,33H,1-4H3. The predicted octanol–water partition coefficient (Wildman–Crippen LogP) is 6.52. The van der Waals surface area contributed by atoms with Crippen molar-refractivity contribution in [3.63, 3.8) is 0 Å². The highest BCUT2D eigenvalue weighted by Crippen LogP contribution is 2.43. The lowest BCUT2D eigenvalue weighted by atomic mass is 9.85. The van der Waals surface area contributed by atoms with E-state index in [2.05, 4.69) is 20.8 Å². The van der Waals surface area contributed by atoms with Crippen molar-refractivity contribution in [1.82, 2.24) is 0 Å². The largest absolute Gasteiger partial charge is 0.503 e. The molecule has 1 amide bonds. The van der Waals surface area contributed by atoms with Crippen LogP contribution in [0.2, 0.25) is 0 Å². The van der Waals surface area contributed by atoms with Gasteiger partial charge in [0.1, 0.15) is 11.3 Å². The minimum absolute atomic E-state index is 0.0228. The SMILES string of the molecule is COc1cccc(N2C(=O)C(O)=C(C(=O)c3cc4ccccc4o3)C2c2ccc(C(C)(C)C)cc2)c1. The van der Waals surface area contributed by atoms with Crippen LogP contribution in [0.4, 0.5) is 5.69 Å². The second-order valence-corrected chi connectivity index (χ2v) is 9.89. The molecule has 2 heterocycles. The van der Waals surface area contributed by atoms with Crippen LogP contribution in [0.5, 0.6) is 5.75 Å². The van der Waals surface area contributed by atoms with E-state index in [9.17, 15) is 14.7 Å². The maximum Gasteiger partial charge on any atom is 0.294 e. The average molecular weight is 482 g/mol. The molecule has 1 aliphatic rings. The van der Waals surface area contributed by atoms with Gasteiger partial charge in [-0.05, 0) is 40.8 Å². The second-order valence-electron chi connectivity index (χ2n) is 9.89. The third-order valence-electron chi connectivity index (χ3n) is 6.53. The molecular formula is C30H27NO5. The van der Waals surface area contributed by atoms with Gasteiger partial charge in [0, 0.05) is 17.1 Å². The van der Waals surface area contributed by atoms with E-state index in [0.717, 1.165) is 10.9 Å². The number of aliphatic hydroxyl groups excluding tert-OH is 1. The van der Waals surface area contributed by atoms with Gasteiger partial charge in [0.05, 0.1) is 18.7 Å². The lowest BCUT2D eigenvalue weighted by Crippen LogP contribution is -2.31. The molecule has 1 N–H and O–H groups in total. The molecule has 0 radical (unpaired) electrons. The Morgan fingerprint density at radius 3 is 2.36 bits per heavy atom. The molecule has 6 heteroatoms. The van der Waals surface area contributed by atoms with Gasteiger partial charge in [-0.2, -0.15) is 0 Å². The number of hydrogen-bond acceptors (Lipinski definition) is 5. The molecule has 182 valence electrons. The maximum atomic E-state index is 13.8. The molecule has 0 aliphatic carbocycles. The number of anilines is 1. The van der Waals surface area contributed by atoms with Crippen LogP contribution < -0.4 is 9.64 Å². The Bertz CT molecular complexity index is 1470. The summed E-state index contributed by atoms with van der Waals surface area (Å²) in [6, 6.07) is 22.8. The quantitative estimate of drug-likeness (QED) is 0.328. The molecule has 36 heavy (non-hydrogen) atoms. The number of fused-ring (bicyclic) bond motifs is 1. The van der Waals surface area contributed by atoms with Gasteiger partial charge in [-0.15, -0.1) is 0 Å². The third-order valence-corrected chi connectivity index (χ3v) is 6.53. The molecule has 5 rings (SSSR count). The van der Waals surface area contributed by atoms with Gasteiger partial charge in [-0.25, -0.2) is 0 Å². The Labute approximate surface area is 209 Å². The van der Waals surface area contributed by atoms with Gasteiger partial charge in [0.2, 0.25) is 5.78 Å². The fourth-order valence-corrected chi connectivity index (χ4v) is 4.57. The number of furan rings is 1. The van der Waals surface area contributed by atoms with Crippen molar-refractivity contribution in [3.05, 3.63) is 107 Å². The minimum Gasteiger partial charge on any atom is -0.503 e. The van der Waals surface area contributed by atoms with Gasteiger partial charge in [-0.3, -0.25) is 14.5 Å². The number of carbonyl (C=O) groups excluding carboxylic acids is 2. The van der Waals surface area contributed by atoms with Gasteiger partial charge in [-0.1, -0.05) is 69.3 Å². The van der Waals surface area contributed by atoms with E-state index in [1.165, 1.54) is 4.90 Å². The van der Waals surface area contributed by atoms with Gasteiger partial charge in [0.25, 0.3) is 5.91 Å². The van der Waals surface area contributed by atoms with E-state index < -0.39 is 23.5 Å². The number of amides is 1. The van der Waals surface area contributed by atoms with E-state index in [-0.39, 0.29) is 16.7 Å². The van der Waals surface area contributed by atoms with Crippen molar-refractivity contribution in [3.8, 4) is 5.75 Å². The van der Waals surface area contributed by atoms with E-state index in [1.54, 1.807) is 43.5 Å². The average Bonchev–Trinajstić information content (AvgIpc) is 3.42.